The molecule has 0 radical (unpaired) electrons. The first-order valence-corrected chi connectivity index (χ1v) is 6.93. The fourth-order valence-electron chi connectivity index (χ4n) is 2.01. The molecule has 2 aromatic rings. The Kier molecular flexibility index (Phi) is 3.46. The van der Waals surface area contributed by atoms with Gasteiger partial charge in [0, 0.05) is 11.5 Å². The van der Waals surface area contributed by atoms with Crippen LogP contribution in [0.15, 0.2) is 24.3 Å². The van der Waals surface area contributed by atoms with Crippen molar-refractivity contribution in [2.45, 2.75) is 25.7 Å². The van der Waals surface area contributed by atoms with Gasteiger partial charge in [0.25, 0.3) is 0 Å². The molecule has 1 aromatic carbocycles. The number of nitrogens with two attached hydrogens (primary N) is 1. The molecular weight excluding hydrogens is 274 g/mol. The Labute approximate surface area is 122 Å². The molecule has 0 unspecified atom stereocenters. The number of hydrazine groups is 1. The van der Waals surface area contributed by atoms with E-state index in [9.17, 15) is 0 Å². The molecule has 0 aliphatic heterocycles. The fourth-order valence-corrected chi connectivity index (χ4v) is 2.19. The Balaban J connectivity index is 1.99. The highest BCUT2D eigenvalue weighted by molar-refractivity contribution is 6.33. The largest absolute Gasteiger partial charge is 0.339 e. The second-order valence-corrected chi connectivity index (χ2v) is 5.33. The lowest BCUT2D eigenvalue weighted by atomic mass is 10.2. The molecule has 1 aliphatic carbocycles. The average Bonchev–Trinajstić information content (AvgIpc) is 3.28. The Morgan fingerprint density at radius 3 is 2.55 bits per heavy atom. The summed E-state index contributed by atoms with van der Waals surface area (Å²) in [5, 5.41) is 3.91. The standard InChI is InChI=1S/C14H16ClN5/c1-8-12(17-11-5-3-2-4-10(11)15)18-14(9-6-7-9)19-13(8)20-16/h2-5,9H,6-7,16H2,1H3,(H2,17,18,19,20). The summed E-state index contributed by atoms with van der Waals surface area (Å²) in [6.45, 7) is 1.92. The number of aromatic nitrogens is 2. The van der Waals surface area contributed by atoms with Gasteiger partial charge in [0.2, 0.25) is 0 Å². The third-order valence-electron chi connectivity index (χ3n) is 3.37. The van der Waals surface area contributed by atoms with Crippen LogP contribution in [0.4, 0.5) is 17.3 Å². The van der Waals surface area contributed by atoms with Gasteiger partial charge in [-0.05, 0) is 31.9 Å². The van der Waals surface area contributed by atoms with Crippen molar-refractivity contribution < 1.29 is 0 Å². The summed E-state index contributed by atoms with van der Waals surface area (Å²) in [6, 6.07) is 7.57. The molecule has 104 valence electrons. The van der Waals surface area contributed by atoms with Gasteiger partial charge in [-0.3, -0.25) is 0 Å². The maximum Gasteiger partial charge on any atom is 0.148 e. The van der Waals surface area contributed by atoms with Crippen molar-refractivity contribution >= 4 is 28.9 Å². The van der Waals surface area contributed by atoms with E-state index >= 15 is 0 Å². The maximum atomic E-state index is 6.17. The van der Waals surface area contributed by atoms with Crippen LogP contribution in [0.1, 0.15) is 30.1 Å². The molecule has 0 saturated heterocycles. The van der Waals surface area contributed by atoms with Crippen molar-refractivity contribution in [3.05, 3.63) is 40.7 Å². The average molecular weight is 290 g/mol. The molecule has 0 atom stereocenters. The van der Waals surface area contributed by atoms with Gasteiger partial charge in [0.05, 0.1) is 10.7 Å². The van der Waals surface area contributed by atoms with Crippen molar-refractivity contribution in [2.75, 3.05) is 10.7 Å². The molecular formula is C14H16ClN5. The minimum absolute atomic E-state index is 0.453. The van der Waals surface area contributed by atoms with E-state index in [1.807, 2.05) is 31.2 Å². The predicted octanol–water partition coefficient (Wildman–Crippen LogP) is 3.35. The number of benzene rings is 1. The lowest BCUT2D eigenvalue weighted by Gasteiger charge is -2.14. The third kappa shape index (κ3) is 2.55. The quantitative estimate of drug-likeness (QED) is 0.594. The molecule has 1 heterocycles. The van der Waals surface area contributed by atoms with Gasteiger partial charge in [0.1, 0.15) is 17.5 Å². The van der Waals surface area contributed by atoms with Gasteiger partial charge in [-0.1, -0.05) is 23.7 Å². The zero-order chi connectivity index (χ0) is 14.1. The zero-order valence-electron chi connectivity index (χ0n) is 11.2. The molecule has 5 nitrogen and oxygen atoms in total. The smallest absolute Gasteiger partial charge is 0.148 e. The summed E-state index contributed by atoms with van der Waals surface area (Å²) in [4.78, 5) is 9.06. The van der Waals surface area contributed by atoms with Gasteiger partial charge in [-0.25, -0.2) is 15.8 Å². The Hall–Kier alpha value is -1.85. The molecule has 0 amide bonds. The zero-order valence-corrected chi connectivity index (χ0v) is 11.9. The van der Waals surface area contributed by atoms with E-state index in [2.05, 4.69) is 20.7 Å². The Bertz CT molecular complexity index is 639. The number of nitrogen functional groups attached to an aromatic ring is 1. The van der Waals surface area contributed by atoms with E-state index in [4.69, 9.17) is 17.4 Å². The first-order valence-electron chi connectivity index (χ1n) is 6.55. The van der Waals surface area contributed by atoms with Crippen LogP contribution in [0.2, 0.25) is 5.02 Å². The highest BCUT2D eigenvalue weighted by atomic mass is 35.5. The van der Waals surface area contributed by atoms with Gasteiger partial charge >= 0.3 is 0 Å². The van der Waals surface area contributed by atoms with Crippen molar-refractivity contribution in [3.63, 3.8) is 0 Å². The summed E-state index contributed by atoms with van der Waals surface area (Å²) in [7, 11) is 0. The van der Waals surface area contributed by atoms with E-state index in [-0.39, 0.29) is 0 Å². The number of halogens is 1. The monoisotopic (exact) mass is 289 g/mol. The third-order valence-corrected chi connectivity index (χ3v) is 3.70. The molecule has 1 aromatic heterocycles. The Morgan fingerprint density at radius 1 is 1.20 bits per heavy atom. The lowest BCUT2D eigenvalue weighted by molar-refractivity contribution is 0.920. The highest BCUT2D eigenvalue weighted by Gasteiger charge is 2.28. The number of hydrogen-bond acceptors (Lipinski definition) is 5. The topological polar surface area (TPSA) is 75.9 Å². The first-order chi connectivity index (χ1) is 9.69. The molecule has 6 heteroatoms. The minimum Gasteiger partial charge on any atom is -0.339 e. The summed E-state index contributed by atoms with van der Waals surface area (Å²) in [6.07, 6.45) is 2.28. The first kappa shape index (κ1) is 13.1. The molecule has 1 fully saturated rings. The molecule has 0 bridgehead atoms. The number of hydrogen-bond donors (Lipinski definition) is 3. The predicted molar refractivity (Wildman–Crippen MR) is 81.3 cm³/mol. The number of nitrogens with zero attached hydrogens (tertiary/aromatic N) is 2. The molecule has 0 spiro atoms. The normalized spacial score (nSPS) is 14.2. The van der Waals surface area contributed by atoms with Gasteiger partial charge < -0.3 is 10.7 Å². The van der Waals surface area contributed by atoms with Crippen LogP contribution in [-0.2, 0) is 0 Å². The Morgan fingerprint density at radius 2 is 1.90 bits per heavy atom. The summed E-state index contributed by atoms with van der Waals surface area (Å²) in [5.41, 5.74) is 4.33. The SMILES string of the molecule is Cc1c(NN)nc(C2CC2)nc1Nc1ccccc1Cl. The van der Waals surface area contributed by atoms with Gasteiger partial charge in [-0.15, -0.1) is 0 Å². The molecule has 1 saturated carbocycles. The van der Waals surface area contributed by atoms with Gasteiger partial charge in [-0.2, -0.15) is 0 Å². The lowest BCUT2D eigenvalue weighted by Crippen LogP contribution is -2.13. The van der Waals surface area contributed by atoms with Crippen LogP contribution >= 0.6 is 11.6 Å². The number of nitrogens with one attached hydrogen (secondary N) is 2. The van der Waals surface area contributed by atoms with E-state index in [0.29, 0.717) is 16.8 Å². The molecule has 4 N–H and O–H groups in total. The highest BCUT2D eigenvalue weighted by Crippen LogP contribution is 2.40. The van der Waals surface area contributed by atoms with Crippen LogP contribution in [0.25, 0.3) is 0 Å². The summed E-state index contributed by atoms with van der Waals surface area (Å²) >= 11 is 6.17. The second kappa shape index (κ2) is 5.26. The molecule has 20 heavy (non-hydrogen) atoms. The van der Waals surface area contributed by atoms with Crippen LogP contribution in [-0.4, -0.2) is 9.97 Å². The number of anilines is 3. The van der Waals surface area contributed by atoms with E-state index in [1.165, 1.54) is 0 Å². The van der Waals surface area contributed by atoms with Crippen LogP contribution < -0.4 is 16.6 Å². The van der Waals surface area contributed by atoms with Crippen molar-refractivity contribution in [1.29, 1.82) is 0 Å². The molecule has 1 aliphatic rings. The van der Waals surface area contributed by atoms with E-state index < -0.39 is 0 Å². The summed E-state index contributed by atoms with van der Waals surface area (Å²) in [5.74, 6) is 8.21. The van der Waals surface area contributed by atoms with Crippen LogP contribution in [0, 0.1) is 6.92 Å². The van der Waals surface area contributed by atoms with Crippen molar-refractivity contribution in [2.24, 2.45) is 5.84 Å². The minimum atomic E-state index is 0.453. The van der Waals surface area contributed by atoms with Crippen molar-refractivity contribution in [3.8, 4) is 0 Å². The van der Waals surface area contributed by atoms with E-state index in [1.54, 1.807) is 0 Å². The second-order valence-electron chi connectivity index (χ2n) is 4.93. The van der Waals surface area contributed by atoms with Gasteiger partial charge in [0.15, 0.2) is 0 Å². The number of rotatable bonds is 4. The number of para-hydroxylation sites is 1. The van der Waals surface area contributed by atoms with Crippen LogP contribution in [0.3, 0.4) is 0 Å². The van der Waals surface area contributed by atoms with Crippen molar-refractivity contribution in [1.82, 2.24) is 9.97 Å². The maximum absolute atomic E-state index is 6.17. The van der Waals surface area contributed by atoms with E-state index in [0.717, 1.165) is 35.7 Å². The summed E-state index contributed by atoms with van der Waals surface area (Å²) < 4.78 is 0. The van der Waals surface area contributed by atoms with Crippen LogP contribution in [0.5, 0.6) is 0 Å². The molecule has 3 rings (SSSR count). The fraction of sp³-hybridized carbons (Fsp3) is 0.286.